The Kier molecular flexibility index (Phi) is 2.65. The fourth-order valence-electron chi connectivity index (χ4n) is 1.96. The number of hydrogen-bond acceptors (Lipinski definition) is 3. The Morgan fingerprint density at radius 1 is 1.35 bits per heavy atom. The van der Waals surface area contributed by atoms with Gasteiger partial charge in [-0.25, -0.2) is 0 Å². The maximum Gasteiger partial charge on any atom is 0.116 e. The van der Waals surface area contributed by atoms with Crippen LogP contribution >= 0.6 is 0 Å². The Morgan fingerprint density at radius 3 is 2.88 bits per heavy atom. The van der Waals surface area contributed by atoms with E-state index in [4.69, 9.17) is 0 Å². The predicted molar refractivity (Wildman–Crippen MR) is 64.1 cm³/mol. The zero-order valence-corrected chi connectivity index (χ0v) is 9.58. The molecule has 0 aromatic carbocycles. The molecule has 17 heavy (non-hydrogen) atoms. The second kappa shape index (κ2) is 4.30. The van der Waals surface area contributed by atoms with Crippen LogP contribution in [0.5, 0.6) is 0 Å². The van der Waals surface area contributed by atoms with Gasteiger partial charge in [0.1, 0.15) is 5.69 Å². The van der Waals surface area contributed by atoms with Crippen molar-refractivity contribution < 1.29 is 5.11 Å². The summed E-state index contributed by atoms with van der Waals surface area (Å²) in [5, 5.41) is 13.9. The lowest BCUT2D eigenvalue weighted by Gasteiger charge is -1.98. The van der Waals surface area contributed by atoms with E-state index >= 15 is 0 Å². The third-order valence-electron chi connectivity index (χ3n) is 3.06. The zero-order valence-electron chi connectivity index (χ0n) is 9.58. The average molecular weight is 229 g/mol. The molecule has 4 nitrogen and oxygen atoms in total. The van der Waals surface area contributed by atoms with Crippen molar-refractivity contribution in [3.63, 3.8) is 0 Å². The third kappa shape index (κ3) is 2.22. The Bertz CT molecular complexity index is 503. The molecule has 0 aliphatic heterocycles. The topological polar surface area (TPSA) is 50.9 Å². The van der Waals surface area contributed by atoms with E-state index in [1.54, 1.807) is 6.20 Å². The first kappa shape index (κ1) is 10.5. The van der Waals surface area contributed by atoms with Crippen LogP contribution < -0.4 is 0 Å². The summed E-state index contributed by atoms with van der Waals surface area (Å²) >= 11 is 0. The lowest BCUT2D eigenvalue weighted by atomic mass is 10.2. The third-order valence-corrected chi connectivity index (χ3v) is 3.06. The summed E-state index contributed by atoms with van der Waals surface area (Å²) in [4.78, 5) is 4.28. The molecule has 1 fully saturated rings. The molecular formula is C13H15N3O. The lowest BCUT2D eigenvalue weighted by molar-refractivity contribution is 0.282. The van der Waals surface area contributed by atoms with Gasteiger partial charge in [-0.15, -0.1) is 0 Å². The maximum absolute atomic E-state index is 9.36. The minimum absolute atomic E-state index is 0.0105. The van der Waals surface area contributed by atoms with Gasteiger partial charge in [0.15, 0.2) is 0 Å². The van der Waals surface area contributed by atoms with Crippen LogP contribution in [0.3, 0.4) is 0 Å². The van der Waals surface area contributed by atoms with Gasteiger partial charge < -0.3 is 5.11 Å². The fraction of sp³-hybridized carbons (Fsp3) is 0.385. The normalized spacial score (nSPS) is 15.1. The van der Waals surface area contributed by atoms with Gasteiger partial charge in [-0.2, -0.15) is 5.10 Å². The molecule has 1 saturated carbocycles. The molecule has 2 aromatic heterocycles. The molecule has 3 rings (SSSR count). The minimum atomic E-state index is 0.0105. The molecule has 2 aromatic rings. The quantitative estimate of drug-likeness (QED) is 0.870. The van der Waals surface area contributed by atoms with E-state index in [-0.39, 0.29) is 6.61 Å². The standard InChI is InChI=1S/C13H15N3O/c17-9-11-8-16(7-10-4-5-10)15-13(11)12-3-1-2-6-14-12/h1-3,6,8,10,17H,4-5,7,9H2. The number of nitrogens with zero attached hydrogens (tertiary/aromatic N) is 3. The summed E-state index contributed by atoms with van der Waals surface area (Å²) in [6, 6.07) is 5.73. The molecular weight excluding hydrogens is 214 g/mol. The first-order valence-electron chi connectivity index (χ1n) is 5.95. The number of aliphatic hydroxyl groups is 1. The highest BCUT2D eigenvalue weighted by atomic mass is 16.3. The van der Waals surface area contributed by atoms with E-state index in [2.05, 4.69) is 10.1 Å². The highest BCUT2D eigenvalue weighted by molar-refractivity contribution is 5.57. The molecule has 0 amide bonds. The van der Waals surface area contributed by atoms with Gasteiger partial charge in [-0.1, -0.05) is 6.07 Å². The van der Waals surface area contributed by atoms with Crippen LogP contribution in [0.1, 0.15) is 18.4 Å². The van der Waals surface area contributed by atoms with E-state index in [1.165, 1.54) is 12.8 Å². The van der Waals surface area contributed by atoms with Gasteiger partial charge >= 0.3 is 0 Å². The van der Waals surface area contributed by atoms with Crippen LogP contribution in [0.25, 0.3) is 11.4 Å². The fourth-order valence-corrected chi connectivity index (χ4v) is 1.96. The minimum Gasteiger partial charge on any atom is -0.392 e. The zero-order chi connectivity index (χ0) is 11.7. The van der Waals surface area contributed by atoms with Gasteiger partial charge in [0.2, 0.25) is 0 Å². The highest BCUT2D eigenvalue weighted by Gasteiger charge is 2.23. The number of aliphatic hydroxyl groups excluding tert-OH is 1. The smallest absolute Gasteiger partial charge is 0.116 e. The van der Waals surface area contributed by atoms with Crippen molar-refractivity contribution in [3.05, 3.63) is 36.2 Å². The van der Waals surface area contributed by atoms with Gasteiger partial charge in [0.05, 0.1) is 12.3 Å². The second-order valence-corrected chi connectivity index (χ2v) is 4.54. The van der Waals surface area contributed by atoms with E-state index in [9.17, 15) is 5.11 Å². The largest absolute Gasteiger partial charge is 0.392 e. The molecule has 1 aliphatic carbocycles. The Hall–Kier alpha value is -1.68. The van der Waals surface area contributed by atoms with Gasteiger partial charge in [-0.3, -0.25) is 9.67 Å². The summed E-state index contributed by atoms with van der Waals surface area (Å²) in [6.07, 6.45) is 6.28. The number of hydrogen-bond donors (Lipinski definition) is 1. The van der Waals surface area contributed by atoms with E-state index < -0.39 is 0 Å². The molecule has 4 heteroatoms. The van der Waals surface area contributed by atoms with E-state index in [0.717, 1.165) is 29.4 Å². The predicted octanol–water partition coefficient (Wildman–Crippen LogP) is 1.85. The number of rotatable bonds is 4. The summed E-state index contributed by atoms with van der Waals surface area (Å²) in [5.41, 5.74) is 2.48. The van der Waals surface area contributed by atoms with Crippen LogP contribution in [-0.4, -0.2) is 19.9 Å². The SMILES string of the molecule is OCc1cn(CC2CC2)nc1-c1ccccn1. The average Bonchev–Trinajstić information content (AvgIpc) is 3.08. The summed E-state index contributed by atoms with van der Waals surface area (Å²) < 4.78 is 1.94. The van der Waals surface area contributed by atoms with Gasteiger partial charge in [0.25, 0.3) is 0 Å². The van der Waals surface area contributed by atoms with Crippen LogP contribution in [0, 0.1) is 5.92 Å². The van der Waals surface area contributed by atoms with Gasteiger partial charge in [0, 0.05) is 24.5 Å². The summed E-state index contributed by atoms with van der Waals surface area (Å²) in [5.74, 6) is 0.776. The molecule has 0 radical (unpaired) electrons. The number of pyridine rings is 1. The Labute approximate surface area is 99.9 Å². The van der Waals surface area contributed by atoms with Crippen molar-refractivity contribution in [1.29, 1.82) is 0 Å². The van der Waals surface area contributed by atoms with E-state index in [1.807, 2.05) is 29.1 Å². The van der Waals surface area contributed by atoms with Crippen molar-refractivity contribution in [2.24, 2.45) is 5.92 Å². The van der Waals surface area contributed by atoms with Gasteiger partial charge in [-0.05, 0) is 30.9 Å². The van der Waals surface area contributed by atoms with Crippen molar-refractivity contribution in [2.75, 3.05) is 0 Å². The maximum atomic E-state index is 9.36. The Balaban J connectivity index is 1.94. The molecule has 0 atom stereocenters. The van der Waals surface area contributed by atoms with E-state index in [0.29, 0.717) is 0 Å². The molecule has 0 spiro atoms. The van der Waals surface area contributed by atoms with Crippen molar-refractivity contribution in [1.82, 2.24) is 14.8 Å². The van der Waals surface area contributed by atoms with Crippen LogP contribution in [0.15, 0.2) is 30.6 Å². The molecule has 1 aliphatic rings. The molecule has 0 saturated heterocycles. The molecule has 1 N–H and O–H groups in total. The number of aromatic nitrogens is 3. The highest BCUT2D eigenvalue weighted by Crippen LogP contribution is 2.31. The van der Waals surface area contributed by atoms with Crippen molar-refractivity contribution in [3.8, 4) is 11.4 Å². The molecule has 0 unspecified atom stereocenters. The second-order valence-electron chi connectivity index (χ2n) is 4.54. The monoisotopic (exact) mass is 229 g/mol. The van der Waals surface area contributed by atoms with Crippen LogP contribution in [-0.2, 0) is 13.2 Å². The Morgan fingerprint density at radius 2 is 2.24 bits per heavy atom. The van der Waals surface area contributed by atoms with Crippen LogP contribution in [0.4, 0.5) is 0 Å². The summed E-state index contributed by atoms with van der Waals surface area (Å²) in [7, 11) is 0. The molecule has 0 bridgehead atoms. The van der Waals surface area contributed by atoms with Crippen LogP contribution in [0.2, 0.25) is 0 Å². The molecule has 88 valence electrons. The van der Waals surface area contributed by atoms with Crippen molar-refractivity contribution in [2.45, 2.75) is 26.0 Å². The first-order chi connectivity index (χ1) is 8.36. The lowest BCUT2D eigenvalue weighted by Crippen LogP contribution is -2.00. The van der Waals surface area contributed by atoms with Crippen molar-refractivity contribution >= 4 is 0 Å². The first-order valence-corrected chi connectivity index (χ1v) is 5.95. The summed E-state index contributed by atoms with van der Waals surface area (Å²) in [6.45, 7) is 0.969. The molecule has 2 heterocycles.